The van der Waals surface area contributed by atoms with E-state index in [1.807, 2.05) is 13.8 Å². The van der Waals surface area contributed by atoms with Crippen molar-refractivity contribution in [2.24, 2.45) is 5.92 Å². The zero-order chi connectivity index (χ0) is 48.6. The van der Waals surface area contributed by atoms with Gasteiger partial charge in [-0.2, -0.15) is 0 Å². The predicted octanol–water partition coefficient (Wildman–Crippen LogP) is 6.93. The number of nitrogens with one attached hydrogen (secondary N) is 1. The van der Waals surface area contributed by atoms with E-state index < -0.39 is 69.6 Å². The Kier molecular flexibility index (Phi) is 16.3. The van der Waals surface area contributed by atoms with E-state index in [0.29, 0.717) is 40.1 Å². The first kappa shape index (κ1) is 50.0. The minimum atomic E-state index is -3.73. The Labute approximate surface area is 386 Å². The molecule has 2 heterocycles. The maximum atomic E-state index is 13.8. The van der Waals surface area contributed by atoms with Crippen LogP contribution in [0.4, 0.5) is 24.8 Å². The smallest absolute Gasteiger partial charge is 0.312 e. The van der Waals surface area contributed by atoms with E-state index in [0.717, 1.165) is 10.6 Å². The van der Waals surface area contributed by atoms with Crippen LogP contribution in [-0.2, 0) is 24.4 Å². The molecule has 1 aliphatic heterocycles. The van der Waals surface area contributed by atoms with E-state index in [9.17, 15) is 51.3 Å². The largest absolute Gasteiger partial charge is 0.426 e. The van der Waals surface area contributed by atoms with Gasteiger partial charge in [0.2, 0.25) is 27.8 Å². The Balaban J connectivity index is 1.01. The molecule has 4 N–H and O–H groups in total. The lowest BCUT2D eigenvalue weighted by atomic mass is 9.78. The first-order valence-electron chi connectivity index (χ1n) is 21.5. The van der Waals surface area contributed by atoms with Crippen molar-refractivity contribution in [2.45, 2.75) is 76.2 Å². The Hall–Kier alpha value is -6.47. The Bertz CT molecular complexity index is 2670. The van der Waals surface area contributed by atoms with Crippen LogP contribution in [0.5, 0.6) is 5.75 Å². The number of aliphatic hydroxyl groups is 3. The lowest BCUT2D eigenvalue weighted by molar-refractivity contribution is -0.134. The maximum absolute atomic E-state index is 13.8. The highest BCUT2D eigenvalue weighted by atomic mass is 32.2. The standard InChI is InChI=1S/C49H52F3N5O9S/c1-29(2)45-40(46(31-7-13-34(51)14-8-31)55-49(54-45)56(3)67(4,64)65)22-19-37(58)27-38(59)28-43(61)53-26-25-44(62)66-39-20-9-32(10-21-39)47-41(23-24-42(60)30-5-11-33(50)12-6-30)48(63)57(47)36-17-15-35(52)16-18-36/h5-22,29,37-38,41-42,47,58-60H,23-28H2,1-4H3,(H,53,61)/b22-19+. The molecule has 0 aliphatic carbocycles. The molecule has 0 bridgehead atoms. The van der Waals surface area contributed by atoms with Crippen molar-refractivity contribution in [3.05, 3.63) is 143 Å². The minimum Gasteiger partial charge on any atom is -0.426 e. The average molecular weight is 944 g/mol. The van der Waals surface area contributed by atoms with Crippen molar-refractivity contribution in [2.75, 3.05) is 29.1 Å². The fraction of sp³-hybridized carbons (Fsp3) is 0.327. The molecule has 1 aromatic heterocycles. The summed E-state index contributed by atoms with van der Waals surface area (Å²) in [7, 11) is -2.42. The lowest BCUT2D eigenvalue weighted by Crippen LogP contribution is -2.55. The van der Waals surface area contributed by atoms with Crippen LogP contribution in [0.3, 0.4) is 0 Å². The second-order valence-electron chi connectivity index (χ2n) is 16.6. The number of carbonyl (C=O) groups is 3. The zero-order valence-electron chi connectivity index (χ0n) is 37.2. The van der Waals surface area contributed by atoms with E-state index in [-0.39, 0.29) is 61.4 Å². The van der Waals surface area contributed by atoms with Gasteiger partial charge in [0.1, 0.15) is 23.2 Å². The number of anilines is 2. The van der Waals surface area contributed by atoms with E-state index in [1.54, 1.807) is 29.2 Å². The Morgan fingerprint density at radius 1 is 0.881 bits per heavy atom. The van der Waals surface area contributed by atoms with Gasteiger partial charge in [0.25, 0.3) is 0 Å². The molecule has 4 aromatic carbocycles. The molecule has 0 saturated carbocycles. The molecule has 1 aliphatic rings. The van der Waals surface area contributed by atoms with E-state index >= 15 is 0 Å². The van der Waals surface area contributed by atoms with Crippen LogP contribution in [0.2, 0.25) is 0 Å². The SMILES string of the molecule is CC(C)c1nc(N(C)S(C)(=O)=O)nc(-c2ccc(F)cc2)c1/C=C/C(O)CC(O)CC(=O)NCCC(=O)Oc1ccc(C2C(CCC(O)c3ccc(F)cc3)C(=O)N2c2ccc(F)cc2)cc1. The monoisotopic (exact) mass is 943 g/mol. The number of hydrogen-bond acceptors (Lipinski definition) is 11. The summed E-state index contributed by atoms with van der Waals surface area (Å²) in [6.45, 7) is 3.57. The summed E-state index contributed by atoms with van der Waals surface area (Å²) in [6.07, 6.45) is 0.171. The topological polar surface area (TPSA) is 200 Å². The summed E-state index contributed by atoms with van der Waals surface area (Å²) < 4.78 is 72.1. The number of halogens is 3. The fourth-order valence-corrected chi connectivity index (χ4v) is 8.02. The normalized spacial score (nSPS) is 16.4. The number of carbonyl (C=O) groups excluding carboxylic acids is 3. The lowest BCUT2D eigenvalue weighted by Gasteiger charge is -2.48. The number of rotatable bonds is 20. The third kappa shape index (κ3) is 12.9. The van der Waals surface area contributed by atoms with Gasteiger partial charge < -0.3 is 30.3 Å². The van der Waals surface area contributed by atoms with Gasteiger partial charge in [-0.1, -0.05) is 50.3 Å². The molecule has 6 rings (SSSR count). The zero-order valence-corrected chi connectivity index (χ0v) is 38.0. The van der Waals surface area contributed by atoms with Crippen molar-refractivity contribution >= 4 is 45.5 Å². The van der Waals surface area contributed by atoms with Gasteiger partial charge in [0.05, 0.1) is 60.8 Å². The van der Waals surface area contributed by atoms with Crippen LogP contribution in [0, 0.1) is 23.4 Å². The van der Waals surface area contributed by atoms with Gasteiger partial charge in [0.15, 0.2) is 0 Å². The molecular formula is C49H52F3N5O9S. The average Bonchev–Trinajstić information content (AvgIpc) is 3.28. The highest BCUT2D eigenvalue weighted by Crippen LogP contribution is 2.46. The predicted molar refractivity (Wildman–Crippen MR) is 245 cm³/mol. The van der Waals surface area contributed by atoms with Crippen LogP contribution in [-0.4, -0.2) is 83.5 Å². The van der Waals surface area contributed by atoms with Crippen LogP contribution in [0.25, 0.3) is 17.3 Å². The number of benzene rings is 4. The number of amides is 2. The van der Waals surface area contributed by atoms with Gasteiger partial charge in [-0.3, -0.25) is 14.4 Å². The van der Waals surface area contributed by atoms with Crippen molar-refractivity contribution in [3.8, 4) is 17.0 Å². The van der Waals surface area contributed by atoms with Crippen LogP contribution in [0.1, 0.15) is 86.4 Å². The summed E-state index contributed by atoms with van der Waals surface area (Å²) in [5.41, 5.74) is 3.34. The summed E-state index contributed by atoms with van der Waals surface area (Å²) >= 11 is 0. The summed E-state index contributed by atoms with van der Waals surface area (Å²) in [5.74, 6) is -3.51. The van der Waals surface area contributed by atoms with Crippen molar-refractivity contribution in [1.82, 2.24) is 15.3 Å². The second kappa shape index (κ2) is 21.9. The molecule has 1 fully saturated rings. The van der Waals surface area contributed by atoms with Gasteiger partial charge in [-0.05, 0) is 103 Å². The molecule has 354 valence electrons. The maximum Gasteiger partial charge on any atom is 0.312 e. The molecular weight excluding hydrogens is 892 g/mol. The molecule has 5 unspecified atom stereocenters. The van der Waals surface area contributed by atoms with Crippen molar-refractivity contribution in [1.29, 1.82) is 0 Å². The van der Waals surface area contributed by atoms with E-state index in [4.69, 9.17) is 4.74 Å². The number of ether oxygens (including phenoxy) is 1. The molecule has 5 aromatic rings. The third-order valence-electron chi connectivity index (χ3n) is 11.3. The van der Waals surface area contributed by atoms with Gasteiger partial charge >= 0.3 is 5.97 Å². The van der Waals surface area contributed by atoms with Gasteiger partial charge in [0, 0.05) is 36.8 Å². The summed E-state index contributed by atoms with van der Waals surface area (Å²) in [5, 5.41) is 34.8. The number of hydrogen-bond donors (Lipinski definition) is 4. The summed E-state index contributed by atoms with van der Waals surface area (Å²) in [4.78, 5) is 49.4. The fourth-order valence-electron chi connectivity index (χ4n) is 7.64. The molecule has 5 atom stereocenters. The molecule has 2 amide bonds. The van der Waals surface area contributed by atoms with E-state index in [1.165, 1.54) is 92.0 Å². The van der Waals surface area contributed by atoms with Crippen LogP contribution >= 0.6 is 0 Å². The highest BCUT2D eigenvalue weighted by Gasteiger charge is 2.48. The molecule has 67 heavy (non-hydrogen) atoms. The number of nitrogens with zero attached hydrogens (tertiary/aromatic N) is 4. The molecule has 0 spiro atoms. The third-order valence-corrected chi connectivity index (χ3v) is 12.4. The van der Waals surface area contributed by atoms with Gasteiger partial charge in [-0.25, -0.2) is 35.9 Å². The first-order chi connectivity index (χ1) is 31.8. The van der Waals surface area contributed by atoms with Crippen molar-refractivity contribution < 1.29 is 56.0 Å². The number of aromatic nitrogens is 2. The number of esters is 1. The van der Waals surface area contributed by atoms with Crippen LogP contribution < -0.4 is 19.3 Å². The molecule has 18 heteroatoms. The number of sulfonamides is 1. The first-order valence-corrected chi connectivity index (χ1v) is 23.4. The van der Waals surface area contributed by atoms with Gasteiger partial charge in [-0.15, -0.1) is 0 Å². The number of aliphatic hydroxyl groups excluding tert-OH is 3. The summed E-state index contributed by atoms with van der Waals surface area (Å²) in [6, 6.07) is 22.5. The van der Waals surface area contributed by atoms with E-state index in [2.05, 4.69) is 15.3 Å². The molecule has 1 saturated heterocycles. The second-order valence-corrected chi connectivity index (χ2v) is 18.6. The molecule has 14 nitrogen and oxygen atoms in total. The number of β-lactam (4-membered cyclic amide) rings is 1. The Morgan fingerprint density at radius 2 is 1.48 bits per heavy atom. The Morgan fingerprint density at radius 3 is 2.07 bits per heavy atom. The quantitative estimate of drug-likeness (QED) is 0.0359. The van der Waals surface area contributed by atoms with Crippen molar-refractivity contribution in [3.63, 3.8) is 0 Å². The molecule has 0 radical (unpaired) electrons. The van der Waals surface area contributed by atoms with Crippen LogP contribution in [0.15, 0.2) is 103 Å². The minimum absolute atomic E-state index is 0.0993. The highest BCUT2D eigenvalue weighted by molar-refractivity contribution is 7.92.